The average molecular weight is 488 g/mol. The number of primary amides is 1. The smallest absolute Gasteiger partial charge is 0.400 e. The van der Waals surface area contributed by atoms with Crippen LogP contribution < -0.4 is 10.5 Å². The molecule has 0 fully saturated rings. The van der Waals surface area contributed by atoms with Crippen molar-refractivity contribution in [3.63, 3.8) is 0 Å². The molecule has 0 aliphatic heterocycles. The van der Waals surface area contributed by atoms with Gasteiger partial charge in [0.1, 0.15) is 10.6 Å². The molecule has 27 heavy (non-hydrogen) atoms. The largest absolute Gasteiger partial charge is 0.492 e. The minimum Gasteiger partial charge on any atom is -0.492 e. The highest BCUT2D eigenvalue weighted by atomic mass is 79.9. The Balaban J connectivity index is 2.53. The summed E-state index contributed by atoms with van der Waals surface area (Å²) in [6.45, 7) is 3.01. The second-order valence-electron chi connectivity index (χ2n) is 5.44. The van der Waals surface area contributed by atoms with Gasteiger partial charge in [-0.1, -0.05) is 0 Å². The molecule has 0 unspecified atom stereocenters. The van der Waals surface area contributed by atoms with Crippen LogP contribution in [0, 0.1) is 0 Å². The van der Waals surface area contributed by atoms with Crippen LogP contribution in [0.4, 0.5) is 8.78 Å². The van der Waals surface area contributed by atoms with E-state index in [1.54, 1.807) is 0 Å². The normalized spacial score (nSPS) is 12.5. The first-order chi connectivity index (χ1) is 12.5. The first-order valence-corrected chi connectivity index (χ1v) is 10.9. The van der Waals surface area contributed by atoms with Crippen molar-refractivity contribution < 1.29 is 37.4 Å². The lowest BCUT2D eigenvalue weighted by atomic mass is 10.1. The highest BCUT2D eigenvalue weighted by molar-refractivity contribution is 9.10. The fourth-order valence-electron chi connectivity index (χ4n) is 2.20. The van der Waals surface area contributed by atoms with E-state index >= 15 is 0 Å². The van der Waals surface area contributed by atoms with Crippen molar-refractivity contribution in [2.24, 2.45) is 5.73 Å². The molecule has 4 N–H and O–H groups in total. The predicted molar refractivity (Wildman–Crippen MR) is 101 cm³/mol. The van der Waals surface area contributed by atoms with Gasteiger partial charge in [0, 0.05) is 35.1 Å². The number of amides is 1. The number of halogens is 3. The average Bonchev–Trinajstić information content (AvgIpc) is 2.91. The van der Waals surface area contributed by atoms with E-state index in [2.05, 4.69) is 15.9 Å². The zero-order valence-corrected chi connectivity index (χ0v) is 17.4. The lowest BCUT2D eigenvalue weighted by Gasteiger charge is -2.16. The van der Waals surface area contributed by atoms with E-state index < -0.39 is 24.0 Å². The molecule has 0 bridgehead atoms. The van der Waals surface area contributed by atoms with E-state index in [-0.39, 0.29) is 32.5 Å². The second-order valence-corrected chi connectivity index (χ2v) is 8.91. The molecule has 1 amide bonds. The van der Waals surface area contributed by atoms with Gasteiger partial charge in [0.05, 0.1) is 11.3 Å². The number of benzene rings is 1. The van der Waals surface area contributed by atoms with Gasteiger partial charge in [-0.2, -0.15) is 8.78 Å². The van der Waals surface area contributed by atoms with Gasteiger partial charge in [0.15, 0.2) is 0 Å². The van der Waals surface area contributed by atoms with E-state index in [1.165, 1.54) is 12.1 Å². The van der Waals surface area contributed by atoms with Crippen molar-refractivity contribution >= 4 is 50.9 Å². The maximum Gasteiger partial charge on any atom is 0.400 e. The number of nitrogens with two attached hydrogens (primary N) is 1. The molecule has 2 rings (SSSR count). The summed E-state index contributed by atoms with van der Waals surface area (Å²) < 4.78 is 50.4. The van der Waals surface area contributed by atoms with Crippen LogP contribution in [0.1, 0.15) is 28.6 Å². The van der Waals surface area contributed by atoms with Crippen molar-refractivity contribution in [3.8, 4) is 5.75 Å². The van der Waals surface area contributed by atoms with Crippen LogP contribution in [-0.4, -0.2) is 35.5 Å². The number of ether oxygens (including phenoxy) is 2. The zero-order valence-electron chi connectivity index (χ0n) is 14.1. The number of thiophene rings is 1. The molecular formula is C15H17BrF2NO6PS. The predicted octanol–water partition coefficient (Wildman–Crippen LogP) is 3.80. The summed E-state index contributed by atoms with van der Waals surface area (Å²) in [5.41, 5.74) is 0.907. The van der Waals surface area contributed by atoms with Gasteiger partial charge in [-0.3, -0.25) is 9.36 Å². The van der Waals surface area contributed by atoms with E-state index in [4.69, 9.17) is 25.0 Å². The molecule has 0 atom stereocenters. The summed E-state index contributed by atoms with van der Waals surface area (Å²) >= 11 is 3.43. The minimum atomic E-state index is -5.75. The summed E-state index contributed by atoms with van der Waals surface area (Å²) in [6.07, 6.45) is 0.522. The Morgan fingerprint density at radius 2 is 2.04 bits per heavy atom. The van der Waals surface area contributed by atoms with Gasteiger partial charge in [-0.15, -0.1) is 11.3 Å². The monoisotopic (exact) mass is 487 g/mol. The Bertz CT molecular complexity index is 900. The molecule has 1 aromatic carbocycles. The van der Waals surface area contributed by atoms with Crippen molar-refractivity contribution in [1.29, 1.82) is 0 Å². The number of fused-ring (bicyclic) bond motifs is 1. The molecule has 2 aromatic rings. The van der Waals surface area contributed by atoms with Crippen LogP contribution in [0.2, 0.25) is 0 Å². The molecular weight excluding hydrogens is 471 g/mol. The molecule has 0 saturated carbocycles. The van der Waals surface area contributed by atoms with E-state index in [0.29, 0.717) is 31.0 Å². The summed E-state index contributed by atoms with van der Waals surface area (Å²) in [5.74, 6) is -0.672. The summed E-state index contributed by atoms with van der Waals surface area (Å²) in [7, 11) is -5.75. The molecule has 150 valence electrons. The molecule has 12 heteroatoms. The van der Waals surface area contributed by atoms with Crippen LogP contribution in [-0.2, 0) is 15.0 Å². The number of hydrogen-bond donors (Lipinski definition) is 3. The van der Waals surface area contributed by atoms with Crippen LogP contribution in [0.15, 0.2) is 16.6 Å². The lowest BCUT2D eigenvalue weighted by molar-refractivity contribution is 0.0595. The van der Waals surface area contributed by atoms with Crippen molar-refractivity contribution in [3.05, 3.63) is 27.0 Å². The molecule has 1 heterocycles. The molecule has 0 radical (unpaired) electrons. The number of carbonyl (C=O) groups is 1. The van der Waals surface area contributed by atoms with Gasteiger partial charge < -0.3 is 25.0 Å². The number of alkyl halides is 2. The Labute approximate surface area is 165 Å². The van der Waals surface area contributed by atoms with Crippen LogP contribution in [0.5, 0.6) is 5.75 Å². The summed E-state index contributed by atoms with van der Waals surface area (Å²) in [6, 6.07) is 2.58. The topological polar surface area (TPSA) is 119 Å². The lowest BCUT2D eigenvalue weighted by Crippen LogP contribution is -2.12. The Hall–Kier alpha value is -1.10. The third-order valence-electron chi connectivity index (χ3n) is 3.51. The first kappa shape index (κ1) is 22.2. The van der Waals surface area contributed by atoms with Gasteiger partial charge >= 0.3 is 13.3 Å². The number of rotatable bonds is 9. The zero-order chi connectivity index (χ0) is 20.4. The van der Waals surface area contributed by atoms with Crippen LogP contribution in [0.25, 0.3) is 10.1 Å². The van der Waals surface area contributed by atoms with Crippen molar-refractivity contribution in [2.75, 3.05) is 19.8 Å². The SMILES string of the molecule is CCOCCCOc1cc(C(N)=O)cc2c(Br)c(C(F)(F)P(=O)(O)O)sc12. The molecule has 0 spiro atoms. The number of carbonyl (C=O) groups excluding carboxylic acids is 1. The number of hydrogen-bond acceptors (Lipinski definition) is 5. The van der Waals surface area contributed by atoms with Crippen LogP contribution in [0.3, 0.4) is 0 Å². The van der Waals surface area contributed by atoms with Gasteiger partial charge in [-0.05, 0) is 35.0 Å². The van der Waals surface area contributed by atoms with E-state index in [0.717, 1.165) is 0 Å². The summed E-state index contributed by atoms with van der Waals surface area (Å²) in [5, 5.41) is 0.152. The first-order valence-electron chi connectivity index (χ1n) is 7.71. The van der Waals surface area contributed by atoms with Crippen molar-refractivity contribution in [1.82, 2.24) is 0 Å². The van der Waals surface area contributed by atoms with Crippen molar-refractivity contribution in [2.45, 2.75) is 19.0 Å². The minimum absolute atomic E-state index is 0.0202. The molecule has 0 aliphatic rings. The molecule has 1 aromatic heterocycles. The molecule has 7 nitrogen and oxygen atoms in total. The van der Waals surface area contributed by atoms with Gasteiger partial charge in [0.25, 0.3) is 0 Å². The standard InChI is InChI=1S/C15H17BrF2NO6PS/c1-2-24-4-3-5-25-10-7-8(14(19)20)6-9-11(16)13(27-12(9)10)15(17,18)26(21,22)23/h6-7H,2-5H2,1H3,(H2,19,20)(H2,21,22,23). The van der Waals surface area contributed by atoms with E-state index in [9.17, 15) is 18.1 Å². The van der Waals surface area contributed by atoms with E-state index in [1.807, 2.05) is 6.92 Å². The molecule has 0 saturated heterocycles. The third kappa shape index (κ3) is 4.67. The quantitative estimate of drug-likeness (QED) is 0.365. The highest BCUT2D eigenvalue weighted by Gasteiger charge is 2.53. The van der Waals surface area contributed by atoms with Gasteiger partial charge in [0.2, 0.25) is 5.91 Å². The highest BCUT2D eigenvalue weighted by Crippen LogP contribution is 2.63. The third-order valence-corrected chi connectivity index (χ3v) is 7.00. The Morgan fingerprint density at radius 1 is 1.37 bits per heavy atom. The Morgan fingerprint density at radius 3 is 2.59 bits per heavy atom. The second kappa shape index (κ2) is 8.50. The maximum absolute atomic E-state index is 14.2. The molecule has 0 aliphatic carbocycles. The fourth-order valence-corrected chi connectivity index (χ4v) is 5.18. The summed E-state index contributed by atoms with van der Waals surface area (Å²) in [4.78, 5) is 28.7. The fraction of sp³-hybridized carbons (Fsp3) is 0.400. The maximum atomic E-state index is 14.2. The Kier molecular flexibility index (Phi) is 6.99. The van der Waals surface area contributed by atoms with Crippen LogP contribution >= 0.6 is 34.9 Å². The van der Waals surface area contributed by atoms with Gasteiger partial charge in [-0.25, -0.2) is 0 Å².